The molecule has 0 aromatic heterocycles. The number of benzene rings is 2. The van der Waals surface area contributed by atoms with Crippen molar-refractivity contribution in [2.24, 2.45) is 0 Å². The zero-order valence-electron chi connectivity index (χ0n) is 11.5. The minimum Gasteiger partial charge on any atom is -0.496 e. The highest BCUT2D eigenvalue weighted by Gasteiger charge is 2.18. The van der Waals surface area contributed by atoms with Crippen molar-refractivity contribution >= 4 is 20.8 Å². The van der Waals surface area contributed by atoms with Crippen LogP contribution in [0.1, 0.15) is 0 Å². The Kier molecular flexibility index (Phi) is 4.59. The van der Waals surface area contributed by atoms with Crippen molar-refractivity contribution in [2.45, 2.75) is 4.90 Å². The minimum atomic E-state index is -3.53. The molecule has 6 heteroatoms. The maximum atomic E-state index is 12.3. The molecule has 0 aliphatic heterocycles. The molecule has 2 N–H and O–H groups in total. The van der Waals surface area contributed by atoms with E-state index in [1.54, 1.807) is 32.4 Å². The fourth-order valence-corrected chi connectivity index (χ4v) is 3.29. The molecule has 2 aromatic carbocycles. The van der Waals surface area contributed by atoms with Gasteiger partial charge in [0.2, 0.25) is 10.0 Å². The lowest BCUT2D eigenvalue weighted by molar-refractivity contribution is 0.419. The van der Waals surface area contributed by atoms with E-state index in [-0.39, 0.29) is 4.90 Å². The van der Waals surface area contributed by atoms with Gasteiger partial charge in [-0.1, -0.05) is 24.3 Å². The number of sulfonamides is 1. The molecule has 0 atom stereocenters. The molecule has 0 bridgehead atoms. The van der Waals surface area contributed by atoms with Crippen LogP contribution in [0.15, 0.2) is 41.3 Å². The van der Waals surface area contributed by atoms with Crippen LogP contribution in [0.4, 0.5) is 0 Å². The molecule has 0 aliphatic carbocycles. The van der Waals surface area contributed by atoms with E-state index < -0.39 is 10.0 Å². The van der Waals surface area contributed by atoms with Crippen molar-refractivity contribution in [2.75, 3.05) is 27.2 Å². The topological polar surface area (TPSA) is 67.4 Å². The van der Waals surface area contributed by atoms with E-state index in [9.17, 15) is 8.42 Å². The Labute approximate surface area is 119 Å². The van der Waals surface area contributed by atoms with Gasteiger partial charge in [-0.05, 0) is 19.2 Å². The summed E-state index contributed by atoms with van der Waals surface area (Å²) in [4.78, 5) is 0.269. The third kappa shape index (κ3) is 2.92. The van der Waals surface area contributed by atoms with Crippen LogP contribution in [0.2, 0.25) is 0 Å². The fourth-order valence-electron chi connectivity index (χ4n) is 2.04. The molecule has 0 spiro atoms. The van der Waals surface area contributed by atoms with Crippen LogP contribution >= 0.6 is 0 Å². The third-order valence-corrected chi connectivity index (χ3v) is 4.54. The van der Waals surface area contributed by atoms with Crippen LogP contribution in [-0.2, 0) is 10.0 Å². The van der Waals surface area contributed by atoms with E-state index in [4.69, 9.17) is 4.74 Å². The monoisotopic (exact) mass is 294 g/mol. The molecule has 2 rings (SSSR count). The Morgan fingerprint density at radius 2 is 1.75 bits per heavy atom. The van der Waals surface area contributed by atoms with E-state index in [1.807, 2.05) is 18.2 Å². The maximum Gasteiger partial charge on any atom is 0.241 e. The molecule has 0 saturated carbocycles. The summed E-state index contributed by atoms with van der Waals surface area (Å²) in [5.74, 6) is 0.662. The van der Waals surface area contributed by atoms with Gasteiger partial charge in [0.05, 0.1) is 12.0 Å². The molecule has 0 heterocycles. The lowest BCUT2D eigenvalue weighted by Gasteiger charge is -2.11. The summed E-state index contributed by atoms with van der Waals surface area (Å²) in [5.41, 5.74) is 0. The molecule has 20 heavy (non-hydrogen) atoms. The fraction of sp³-hybridized carbons (Fsp3) is 0.286. The molecule has 5 nitrogen and oxygen atoms in total. The van der Waals surface area contributed by atoms with Crippen LogP contribution in [0.3, 0.4) is 0 Å². The molecule has 0 amide bonds. The first-order chi connectivity index (χ1) is 9.60. The summed E-state index contributed by atoms with van der Waals surface area (Å²) in [6.07, 6.45) is 0. The number of fused-ring (bicyclic) bond motifs is 1. The maximum absolute atomic E-state index is 12.3. The zero-order valence-corrected chi connectivity index (χ0v) is 12.3. The van der Waals surface area contributed by atoms with Crippen molar-refractivity contribution in [1.29, 1.82) is 0 Å². The molecule has 0 saturated heterocycles. The second kappa shape index (κ2) is 6.21. The smallest absolute Gasteiger partial charge is 0.241 e. The highest BCUT2D eigenvalue weighted by atomic mass is 32.2. The molecular weight excluding hydrogens is 276 g/mol. The van der Waals surface area contributed by atoms with Crippen LogP contribution in [-0.4, -0.2) is 35.7 Å². The van der Waals surface area contributed by atoms with Gasteiger partial charge in [-0.25, -0.2) is 13.1 Å². The second-order valence-corrected chi connectivity index (χ2v) is 6.05. The Morgan fingerprint density at radius 1 is 1.05 bits per heavy atom. The number of ether oxygens (including phenoxy) is 1. The molecule has 0 unspecified atom stereocenters. The number of hydrogen-bond acceptors (Lipinski definition) is 4. The van der Waals surface area contributed by atoms with Gasteiger partial charge < -0.3 is 10.1 Å². The molecule has 2 aromatic rings. The van der Waals surface area contributed by atoms with E-state index in [2.05, 4.69) is 10.0 Å². The summed E-state index contributed by atoms with van der Waals surface area (Å²) < 4.78 is 32.5. The minimum absolute atomic E-state index is 0.269. The van der Waals surface area contributed by atoms with Crippen molar-refractivity contribution in [3.05, 3.63) is 36.4 Å². The van der Waals surface area contributed by atoms with Crippen molar-refractivity contribution < 1.29 is 13.2 Å². The van der Waals surface area contributed by atoms with Crippen LogP contribution in [0.25, 0.3) is 10.8 Å². The summed E-state index contributed by atoms with van der Waals surface area (Å²) in [6.45, 7) is 0.923. The van der Waals surface area contributed by atoms with Gasteiger partial charge in [-0.2, -0.15) is 0 Å². The molecule has 0 radical (unpaired) electrons. The van der Waals surface area contributed by atoms with Crippen LogP contribution < -0.4 is 14.8 Å². The van der Waals surface area contributed by atoms with Crippen molar-refractivity contribution in [3.63, 3.8) is 0 Å². The first-order valence-electron chi connectivity index (χ1n) is 6.30. The van der Waals surface area contributed by atoms with Gasteiger partial charge in [0.25, 0.3) is 0 Å². The number of hydrogen-bond donors (Lipinski definition) is 2. The van der Waals surface area contributed by atoms with Crippen molar-refractivity contribution in [3.8, 4) is 5.75 Å². The quantitative estimate of drug-likeness (QED) is 0.789. The SMILES string of the molecule is CNCCNS(=O)(=O)c1ccc(OC)c2ccccc12. The lowest BCUT2D eigenvalue weighted by Crippen LogP contribution is -2.30. The molecular formula is C14H18N2O3S. The van der Waals surface area contributed by atoms with Gasteiger partial charge in [0, 0.05) is 23.9 Å². The van der Waals surface area contributed by atoms with E-state index in [0.29, 0.717) is 24.2 Å². The predicted molar refractivity (Wildman–Crippen MR) is 79.6 cm³/mol. The average molecular weight is 294 g/mol. The summed E-state index contributed by atoms with van der Waals surface area (Å²) in [5, 5.41) is 4.34. The van der Waals surface area contributed by atoms with E-state index in [1.165, 1.54) is 0 Å². The van der Waals surface area contributed by atoms with Gasteiger partial charge in [-0.3, -0.25) is 0 Å². The Hall–Kier alpha value is -1.63. The number of methoxy groups -OCH3 is 1. The average Bonchev–Trinajstić information content (AvgIpc) is 2.46. The van der Waals surface area contributed by atoms with Crippen LogP contribution in [0.5, 0.6) is 5.75 Å². The predicted octanol–water partition coefficient (Wildman–Crippen LogP) is 1.35. The lowest BCUT2D eigenvalue weighted by atomic mass is 10.1. The molecule has 0 fully saturated rings. The van der Waals surface area contributed by atoms with Gasteiger partial charge >= 0.3 is 0 Å². The number of likely N-dealkylation sites (N-methyl/N-ethyl adjacent to an activating group) is 1. The first kappa shape index (κ1) is 14.8. The van der Waals surface area contributed by atoms with E-state index in [0.717, 1.165) is 5.39 Å². The van der Waals surface area contributed by atoms with Gasteiger partial charge in [0.1, 0.15) is 5.75 Å². The first-order valence-corrected chi connectivity index (χ1v) is 7.78. The zero-order chi connectivity index (χ0) is 14.6. The Bertz CT molecular complexity index is 699. The Balaban J connectivity index is 2.50. The largest absolute Gasteiger partial charge is 0.496 e. The number of rotatable bonds is 6. The molecule has 0 aliphatic rings. The van der Waals surface area contributed by atoms with E-state index >= 15 is 0 Å². The Morgan fingerprint density at radius 3 is 2.40 bits per heavy atom. The highest BCUT2D eigenvalue weighted by molar-refractivity contribution is 7.89. The normalized spacial score (nSPS) is 11.7. The molecule has 108 valence electrons. The second-order valence-electron chi connectivity index (χ2n) is 4.31. The van der Waals surface area contributed by atoms with Gasteiger partial charge in [-0.15, -0.1) is 0 Å². The summed E-state index contributed by atoms with van der Waals surface area (Å²) in [7, 11) is -0.184. The van der Waals surface area contributed by atoms with Crippen molar-refractivity contribution in [1.82, 2.24) is 10.0 Å². The standard InChI is InChI=1S/C14H18N2O3S/c1-15-9-10-16-20(17,18)14-8-7-13(19-2)11-5-3-4-6-12(11)14/h3-8,15-16H,9-10H2,1-2H3. The number of nitrogens with one attached hydrogen (secondary N) is 2. The van der Waals surface area contributed by atoms with Crippen LogP contribution in [0, 0.1) is 0 Å². The summed E-state index contributed by atoms with van der Waals surface area (Å²) in [6, 6.07) is 10.5. The van der Waals surface area contributed by atoms with Gasteiger partial charge in [0.15, 0.2) is 0 Å². The summed E-state index contributed by atoms with van der Waals surface area (Å²) >= 11 is 0. The third-order valence-electron chi connectivity index (χ3n) is 3.02. The highest BCUT2D eigenvalue weighted by Crippen LogP contribution is 2.30.